The zero-order valence-corrected chi connectivity index (χ0v) is 11.5. The Morgan fingerprint density at radius 3 is 2.78 bits per heavy atom. The van der Waals surface area contributed by atoms with Gasteiger partial charge in [-0.3, -0.25) is 0 Å². The number of methoxy groups -OCH3 is 1. The van der Waals surface area contributed by atoms with Gasteiger partial charge in [0, 0.05) is 26.3 Å². The summed E-state index contributed by atoms with van der Waals surface area (Å²) in [5, 5.41) is 22.3. The van der Waals surface area contributed by atoms with Crippen molar-refractivity contribution in [1.82, 2.24) is 5.32 Å². The van der Waals surface area contributed by atoms with Crippen LogP contribution in [0.4, 0.5) is 0 Å². The number of hydrogen-bond donors (Lipinski definition) is 3. The molecule has 0 saturated heterocycles. The molecule has 0 aromatic rings. The second-order valence-electron chi connectivity index (χ2n) is 5.14. The van der Waals surface area contributed by atoms with Gasteiger partial charge < -0.3 is 25.0 Å². The van der Waals surface area contributed by atoms with Gasteiger partial charge in [-0.15, -0.1) is 0 Å². The van der Waals surface area contributed by atoms with Crippen LogP contribution in [-0.2, 0) is 9.47 Å². The highest BCUT2D eigenvalue weighted by Crippen LogP contribution is 2.24. The van der Waals surface area contributed by atoms with Gasteiger partial charge in [0.2, 0.25) is 0 Å². The normalized spacial score (nSPS) is 27.3. The molecule has 1 aliphatic carbocycles. The molecule has 5 nitrogen and oxygen atoms in total. The van der Waals surface area contributed by atoms with E-state index in [2.05, 4.69) is 5.32 Å². The molecule has 0 amide bonds. The Bertz CT molecular complexity index is 215. The number of hydrogen-bond acceptors (Lipinski definition) is 5. The molecule has 4 unspecified atom stereocenters. The molecule has 1 aliphatic rings. The smallest absolute Gasteiger partial charge is 0.0897 e. The minimum Gasteiger partial charge on any atom is -0.396 e. The van der Waals surface area contributed by atoms with Gasteiger partial charge in [0.15, 0.2) is 0 Å². The minimum atomic E-state index is -0.510. The molecule has 4 atom stereocenters. The van der Waals surface area contributed by atoms with Crippen LogP contribution < -0.4 is 5.32 Å². The first-order valence-corrected chi connectivity index (χ1v) is 6.80. The SMILES string of the molecule is COCC(C)OCC(O)CNC1CCCC1CO. The second kappa shape index (κ2) is 8.82. The van der Waals surface area contributed by atoms with Crippen molar-refractivity contribution in [2.75, 3.05) is 33.5 Å². The molecule has 0 aromatic heterocycles. The molecule has 0 radical (unpaired) electrons. The number of ether oxygens (including phenoxy) is 2. The van der Waals surface area contributed by atoms with Crippen LogP contribution in [0.3, 0.4) is 0 Å². The fraction of sp³-hybridized carbons (Fsp3) is 1.00. The Balaban J connectivity index is 2.11. The first-order valence-electron chi connectivity index (χ1n) is 6.80. The summed E-state index contributed by atoms with van der Waals surface area (Å²) in [4.78, 5) is 0. The van der Waals surface area contributed by atoms with E-state index in [-0.39, 0.29) is 12.7 Å². The molecule has 3 N–H and O–H groups in total. The molecule has 0 bridgehead atoms. The Labute approximate surface area is 109 Å². The first kappa shape index (κ1) is 15.9. The van der Waals surface area contributed by atoms with E-state index in [0.717, 1.165) is 19.3 Å². The van der Waals surface area contributed by atoms with Crippen LogP contribution in [0.25, 0.3) is 0 Å². The predicted molar refractivity (Wildman–Crippen MR) is 69.5 cm³/mol. The highest BCUT2D eigenvalue weighted by Gasteiger charge is 2.26. The Kier molecular flexibility index (Phi) is 7.77. The van der Waals surface area contributed by atoms with E-state index in [4.69, 9.17) is 9.47 Å². The lowest BCUT2D eigenvalue weighted by Crippen LogP contribution is -2.40. The fourth-order valence-corrected chi connectivity index (χ4v) is 2.43. The fourth-order valence-electron chi connectivity index (χ4n) is 2.43. The average molecular weight is 261 g/mol. The van der Waals surface area contributed by atoms with Gasteiger partial charge in [0.05, 0.1) is 25.4 Å². The second-order valence-corrected chi connectivity index (χ2v) is 5.14. The Hall–Kier alpha value is -0.200. The quantitative estimate of drug-likeness (QED) is 0.551. The van der Waals surface area contributed by atoms with Crippen molar-refractivity contribution in [1.29, 1.82) is 0 Å². The lowest BCUT2D eigenvalue weighted by atomic mass is 10.1. The molecular formula is C13H27NO4. The molecule has 1 rings (SSSR count). The summed E-state index contributed by atoms with van der Waals surface area (Å²) in [6.45, 7) is 3.52. The molecule has 0 heterocycles. The third kappa shape index (κ3) is 5.63. The van der Waals surface area contributed by atoms with Gasteiger partial charge in [-0.25, -0.2) is 0 Å². The highest BCUT2D eigenvalue weighted by atomic mass is 16.5. The molecule has 0 aliphatic heterocycles. The molecular weight excluding hydrogens is 234 g/mol. The van der Waals surface area contributed by atoms with Crippen molar-refractivity contribution in [3.05, 3.63) is 0 Å². The molecule has 0 aromatic carbocycles. The average Bonchev–Trinajstić information content (AvgIpc) is 2.81. The largest absolute Gasteiger partial charge is 0.396 e. The van der Waals surface area contributed by atoms with E-state index in [1.54, 1.807) is 7.11 Å². The molecule has 5 heteroatoms. The van der Waals surface area contributed by atoms with Crippen LogP contribution in [0.15, 0.2) is 0 Å². The zero-order chi connectivity index (χ0) is 13.4. The van der Waals surface area contributed by atoms with Crippen molar-refractivity contribution in [3.8, 4) is 0 Å². The monoisotopic (exact) mass is 261 g/mol. The van der Waals surface area contributed by atoms with Gasteiger partial charge in [-0.1, -0.05) is 6.42 Å². The maximum Gasteiger partial charge on any atom is 0.0897 e. The van der Waals surface area contributed by atoms with Crippen molar-refractivity contribution in [3.63, 3.8) is 0 Å². The zero-order valence-electron chi connectivity index (χ0n) is 11.5. The van der Waals surface area contributed by atoms with Crippen molar-refractivity contribution in [2.24, 2.45) is 5.92 Å². The summed E-state index contributed by atoms with van der Waals surface area (Å²) in [6, 6.07) is 0.334. The van der Waals surface area contributed by atoms with Crippen LogP contribution in [0, 0.1) is 5.92 Å². The number of nitrogens with one attached hydrogen (secondary N) is 1. The third-order valence-corrected chi connectivity index (χ3v) is 3.48. The molecule has 1 fully saturated rings. The Morgan fingerprint density at radius 1 is 1.33 bits per heavy atom. The van der Waals surface area contributed by atoms with Crippen LogP contribution in [0.1, 0.15) is 26.2 Å². The van der Waals surface area contributed by atoms with Crippen molar-refractivity contribution >= 4 is 0 Å². The first-order chi connectivity index (χ1) is 8.67. The maximum absolute atomic E-state index is 9.79. The van der Waals surface area contributed by atoms with Crippen LogP contribution in [-0.4, -0.2) is 61.9 Å². The van der Waals surface area contributed by atoms with Crippen LogP contribution in [0.5, 0.6) is 0 Å². The van der Waals surface area contributed by atoms with Crippen LogP contribution >= 0.6 is 0 Å². The molecule has 1 saturated carbocycles. The van der Waals surface area contributed by atoms with E-state index in [1.807, 2.05) is 6.92 Å². The number of aliphatic hydroxyl groups excluding tert-OH is 2. The van der Waals surface area contributed by atoms with Crippen LogP contribution in [0.2, 0.25) is 0 Å². The predicted octanol–water partition coefficient (Wildman–Crippen LogP) is 0.149. The third-order valence-electron chi connectivity index (χ3n) is 3.48. The van der Waals surface area contributed by atoms with Gasteiger partial charge in [-0.2, -0.15) is 0 Å². The topological polar surface area (TPSA) is 71.0 Å². The molecule has 18 heavy (non-hydrogen) atoms. The minimum absolute atomic E-state index is 0.00122. The van der Waals surface area contributed by atoms with E-state index in [1.165, 1.54) is 0 Å². The van der Waals surface area contributed by atoms with E-state index < -0.39 is 6.10 Å². The Morgan fingerprint density at radius 2 is 2.11 bits per heavy atom. The van der Waals surface area contributed by atoms with E-state index in [0.29, 0.717) is 31.7 Å². The van der Waals surface area contributed by atoms with E-state index >= 15 is 0 Å². The summed E-state index contributed by atoms with van der Waals surface area (Å²) in [7, 11) is 1.63. The molecule has 0 spiro atoms. The summed E-state index contributed by atoms with van der Waals surface area (Å²) in [6.07, 6.45) is 2.80. The summed E-state index contributed by atoms with van der Waals surface area (Å²) >= 11 is 0. The van der Waals surface area contributed by atoms with Crippen molar-refractivity contribution < 1.29 is 19.7 Å². The summed E-state index contributed by atoms with van der Waals surface area (Å²) < 4.78 is 10.4. The van der Waals surface area contributed by atoms with Gasteiger partial charge in [0.1, 0.15) is 0 Å². The highest BCUT2D eigenvalue weighted by molar-refractivity contribution is 4.83. The number of rotatable bonds is 9. The number of aliphatic hydroxyl groups is 2. The van der Waals surface area contributed by atoms with Gasteiger partial charge >= 0.3 is 0 Å². The summed E-state index contributed by atoms with van der Waals surface area (Å²) in [5.41, 5.74) is 0. The maximum atomic E-state index is 9.79. The van der Waals surface area contributed by atoms with Gasteiger partial charge in [-0.05, 0) is 25.7 Å². The standard InChI is InChI=1S/C13H27NO4/c1-10(8-17-2)18-9-12(16)6-14-13-5-3-4-11(13)7-15/h10-16H,3-9H2,1-2H3. The van der Waals surface area contributed by atoms with Gasteiger partial charge in [0.25, 0.3) is 0 Å². The molecule has 108 valence electrons. The lowest BCUT2D eigenvalue weighted by Gasteiger charge is -2.22. The van der Waals surface area contributed by atoms with Crippen molar-refractivity contribution in [2.45, 2.75) is 44.4 Å². The van der Waals surface area contributed by atoms with E-state index in [9.17, 15) is 10.2 Å². The lowest BCUT2D eigenvalue weighted by molar-refractivity contribution is -0.0319. The summed E-state index contributed by atoms with van der Waals surface area (Å²) in [5.74, 6) is 0.338.